The fourth-order valence-electron chi connectivity index (χ4n) is 4.22. The van der Waals surface area contributed by atoms with Gasteiger partial charge in [0.2, 0.25) is 0 Å². The molecule has 2 saturated heterocycles. The number of nitrogens with zero attached hydrogens (tertiary/aromatic N) is 1. The summed E-state index contributed by atoms with van der Waals surface area (Å²) in [6.07, 6.45) is 6.68. The number of hydrogen-bond donors (Lipinski definition) is 2. The quantitative estimate of drug-likeness (QED) is 0.884. The molecule has 108 valence electrons. The number of piperidine rings is 1. The Kier molecular flexibility index (Phi) is 3.41. The van der Waals surface area contributed by atoms with Gasteiger partial charge >= 0.3 is 0 Å². The Morgan fingerprint density at radius 1 is 1.25 bits per heavy atom. The summed E-state index contributed by atoms with van der Waals surface area (Å²) in [4.78, 5) is 2.69. The fraction of sp³-hybridized carbons (Fsp3) is 0.647. The average molecular weight is 271 g/mol. The molecule has 3 nitrogen and oxygen atoms in total. The summed E-state index contributed by atoms with van der Waals surface area (Å²) < 4.78 is 0. The molecule has 3 heterocycles. The molecule has 0 saturated carbocycles. The first-order chi connectivity index (χ1) is 9.90. The van der Waals surface area contributed by atoms with Gasteiger partial charge in [0.25, 0.3) is 0 Å². The molecule has 0 radical (unpaired) electrons. The highest BCUT2D eigenvalue weighted by atomic mass is 15.2. The second kappa shape index (κ2) is 5.38. The lowest BCUT2D eigenvalue weighted by Crippen LogP contribution is -2.45. The van der Waals surface area contributed by atoms with Crippen LogP contribution in [0.1, 0.15) is 36.8 Å². The zero-order valence-electron chi connectivity index (χ0n) is 12.2. The molecule has 4 rings (SSSR count). The van der Waals surface area contributed by atoms with E-state index >= 15 is 0 Å². The van der Waals surface area contributed by atoms with E-state index in [4.69, 9.17) is 0 Å². The summed E-state index contributed by atoms with van der Waals surface area (Å²) in [5.74, 6) is 0. The standard InChI is InChI=1S/C17H25N3/c1-3-13-6-8-18-17(13)14(4-1)12-19-15-7-10-20-9-2-5-16(20)11-15/h1,3-4,15-16,18-19H,2,5-12H2. The summed E-state index contributed by atoms with van der Waals surface area (Å²) >= 11 is 0. The fourth-order valence-corrected chi connectivity index (χ4v) is 4.22. The maximum Gasteiger partial charge on any atom is 0.0419 e. The number of rotatable bonds is 3. The number of nitrogens with one attached hydrogen (secondary N) is 2. The Hall–Kier alpha value is -1.06. The van der Waals surface area contributed by atoms with Gasteiger partial charge in [0.05, 0.1) is 0 Å². The highest BCUT2D eigenvalue weighted by Crippen LogP contribution is 2.29. The maximum absolute atomic E-state index is 3.81. The number of benzene rings is 1. The molecule has 2 fully saturated rings. The molecule has 3 aliphatic heterocycles. The van der Waals surface area contributed by atoms with Crippen LogP contribution in [0.2, 0.25) is 0 Å². The van der Waals surface area contributed by atoms with Gasteiger partial charge in [0, 0.05) is 30.9 Å². The van der Waals surface area contributed by atoms with E-state index in [1.54, 1.807) is 0 Å². The van der Waals surface area contributed by atoms with E-state index < -0.39 is 0 Å². The summed E-state index contributed by atoms with van der Waals surface area (Å²) in [5.41, 5.74) is 4.35. The van der Waals surface area contributed by atoms with Crippen LogP contribution >= 0.6 is 0 Å². The molecule has 0 aliphatic carbocycles. The van der Waals surface area contributed by atoms with E-state index in [0.29, 0.717) is 6.04 Å². The minimum absolute atomic E-state index is 0.714. The van der Waals surface area contributed by atoms with Crippen LogP contribution in [-0.2, 0) is 13.0 Å². The molecule has 2 atom stereocenters. The van der Waals surface area contributed by atoms with Gasteiger partial charge in [-0.25, -0.2) is 0 Å². The van der Waals surface area contributed by atoms with Crippen molar-refractivity contribution in [2.45, 2.75) is 50.7 Å². The molecule has 3 heteroatoms. The predicted molar refractivity (Wildman–Crippen MR) is 83.1 cm³/mol. The second-order valence-electron chi connectivity index (χ2n) is 6.56. The lowest BCUT2D eigenvalue weighted by atomic mass is 9.97. The summed E-state index contributed by atoms with van der Waals surface area (Å²) in [6.45, 7) is 4.77. The number of hydrogen-bond acceptors (Lipinski definition) is 3. The van der Waals surface area contributed by atoms with E-state index in [2.05, 4.69) is 33.7 Å². The van der Waals surface area contributed by atoms with Crippen LogP contribution in [0.25, 0.3) is 0 Å². The molecule has 0 spiro atoms. The maximum atomic E-state index is 3.81. The van der Waals surface area contributed by atoms with Crippen molar-refractivity contribution in [1.29, 1.82) is 0 Å². The van der Waals surface area contributed by atoms with Crippen LogP contribution in [0.15, 0.2) is 18.2 Å². The Morgan fingerprint density at radius 2 is 2.25 bits per heavy atom. The van der Waals surface area contributed by atoms with Crippen molar-refractivity contribution in [3.05, 3.63) is 29.3 Å². The predicted octanol–water partition coefficient (Wildman–Crippen LogP) is 2.37. The monoisotopic (exact) mass is 271 g/mol. The van der Waals surface area contributed by atoms with E-state index in [-0.39, 0.29) is 0 Å². The van der Waals surface area contributed by atoms with Crippen molar-refractivity contribution in [2.75, 3.05) is 25.0 Å². The third-order valence-corrected chi connectivity index (χ3v) is 5.33. The molecule has 0 bridgehead atoms. The summed E-state index contributed by atoms with van der Waals surface area (Å²) in [7, 11) is 0. The summed E-state index contributed by atoms with van der Waals surface area (Å²) in [6, 6.07) is 8.32. The Morgan fingerprint density at radius 3 is 3.25 bits per heavy atom. The largest absolute Gasteiger partial charge is 0.384 e. The van der Waals surface area contributed by atoms with Crippen molar-refractivity contribution in [2.24, 2.45) is 0 Å². The minimum atomic E-state index is 0.714. The topological polar surface area (TPSA) is 27.3 Å². The van der Waals surface area contributed by atoms with Gasteiger partial charge in [0.1, 0.15) is 0 Å². The van der Waals surface area contributed by atoms with Gasteiger partial charge in [0.15, 0.2) is 0 Å². The molecule has 2 unspecified atom stereocenters. The Balaban J connectivity index is 1.38. The second-order valence-corrected chi connectivity index (χ2v) is 6.56. The van der Waals surface area contributed by atoms with Crippen molar-refractivity contribution in [1.82, 2.24) is 10.2 Å². The molecule has 3 aliphatic rings. The third kappa shape index (κ3) is 2.33. The molecule has 1 aromatic rings. The van der Waals surface area contributed by atoms with E-state index in [0.717, 1.165) is 19.1 Å². The number of anilines is 1. The first-order valence-corrected chi connectivity index (χ1v) is 8.22. The van der Waals surface area contributed by atoms with Crippen molar-refractivity contribution in [3.63, 3.8) is 0 Å². The van der Waals surface area contributed by atoms with E-state index in [1.807, 2.05) is 0 Å². The zero-order chi connectivity index (χ0) is 13.4. The van der Waals surface area contributed by atoms with Gasteiger partial charge in [-0.1, -0.05) is 18.2 Å². The molecule has 0 aromatic heterocycles. The van der Waals surface area contributed by atoms with Crippen LogP contribution in [0.3, 0.4) is 0 Å². The van der Waals surface area contributed by atoms with Crippen LogP contribution in [0.5, 0.6) is 0 Å². The molecular formula is C17H25N3. The minimum Gasteiger partial charge on any atom is -0.384 e. The van der Waals surface area contributed by atoms with Crippen molar-refractivity contribution in [3.8, 4) is 0 Å². The highest BCUT2D eigenvalue weighted by Gasteiger charge is 2.31. The normalized spacial score (nSPS) is 29.0. The Labute approximate surface area is 121 Å². The molecule has 20 heavy (non-hydrogen) atoms. The third-order valence-electron chi connectivity index (χ3n) is 5.33. The van der Waals surface area contributed by atoms with Crippen molar-refractivity contribution < 1.29 is 0 Å². The highest BCUT2D eigenvalue weighted by molar-refractivity contribution is 5.61. The van der Waals surface area contributed by atoms with Crippen LogP contribution < -0.4 is 10.6 Å². The van der Waals surface area contributed by atoms with Gasteiger partial charge in [-0.05, 0) is 56.3 Å². The lowest BCUT2D eigenvalue weighted by Gasteiger charge is -2.35. The van der Waals surface area contributed by atoms with Gasteiger partial charge in [-0.3, -0.25) is 0 Å². The van der Waals surface area contributed by atoms with E-state index in [9.17, 15) is 0 Å². The first-order valence-electron chi connectivity index (χ1n) is 8.22. The Bertz CT molecular complexity index is 485. The van der Waals surface area contributed by atoms with Gasteiger partial charge < -0.3 is 15.5 Å². The first kappa shape index (κ1) is 12.7. The van der Waals surface area contributed by atoms with E-state index in [1.165, 1.54) is 62.0 Å². The van der Waals surface area contributed by atoms with Crippen molar-refractivity contribution >= 4 is 5.69 Å². The molecule has 1 aromatic carbocycles. The SMILES string of the molecule is c1cc2c(c(CNC3CCN4CCCC4C3)c1)NCC2. The molecule has 2 N–H and O–H groups in total. The molecular weight excluding hydrogens is 246 g/mol. The van der Waals surface area contributed by atoms with Crippen LogP contribution in [0.4, 0.5) is 5.69 Å². The van der Waals surface area contributed by atoms with Gasteiger partial charge in [-0.2, -0.15) is 0 Å². The molecule has 0 amide bonds. The van der Waals surface area contributed by atoms with Gasteiger partial charge in [-0.15, -0.1) is 0 Å². The lowest BCUT2D eigenvalue weighted by molar-refractivity contribution is 0.166. The smallest absolute Gasteiger partial charge is 0.0419 e. The summed E-state index contributed by atoms with van der Waals surface area (Å²) in [5, 5.41) is 7.36. The van der Waals surface area contributed by atoms with Crippen LogP contribution in [-0.4, -0.2) is 36.6 Å². The number of para-hydroxylation sites is 1. The van der Waals surface area contributed by atoms with Crippen LogP contribution in [0, 0.1) is 0 Å². The zero-order valence-corrected chi connectivity index (χ0v) is 12.2. The average Bonchev–Trinajstić information content (AvgIpc) is 3.13. The number of fused-ring (bicyclic) bond motifs is 2.